The van der Waals surface area contributed by atoms with Gasteiger partial charge in [-0.2, -0.15) is 0 Å². The Bertz CT molecular complexity index is 273. The molecule has 0 spiro atoms. The molecule has 1 rings (SSSR count). The van der Waals surface area contributed by atoms with E-state index in [4.69, 9.17) is 16.8 Å². The van der Waals surface area contributed by atoms with E-state index in [0.29, 0.717) is 12.4 Å². The number of aryl methyl sites for hydroxylation is 1. The van der Waals surface area contributed by atoms with Crippen LogP contribution < -0.4 is 10.9 Å². The number of aromatic nitrogens is 1. The van der Waals surface area contributed by atoms with E-state index < -0.39 is 0 Å². The fourth-order valence-corrected chi connectivity index (χ4v) is 0.662. The molecule has 1 aromatic rings. The summed E-state index contributed by atoms with van der Waals surface area (Å²) in [6.45, 7) is 2.13. The highest BCUT2D eigenvalue weighted by molar-refractivity contribution is 5.34. The lowest BCUT2D eigenvalue weighted by Gasteiger charge is -2.08. The standard InChI is InChI=1S/C7H9N3O/c1-3-4-10(8)7-5-6(2)9-11-7/h1,5H,4,8H2,2H3. The normalized spacial score (nSPS) is 9.18. The maximum atomic E-state index is 5.48. The van der Waals surface area contributed by atoms with Gasteiger partial charge in [0.2, 0.25) is 5.88 Å². The summed E-state index contributed by atoms with van der Waals surface area (Å²) in [6.07, 6.45) is 5.04. The molecule has 4 nitrogen and oxygen atoms in total. The van der Waals surface area contributed by atoms with E-state index >= 15 is 0 Å². The van der Waals surface area contributed by atoms with Gasteiger partial charge < -0.3 is 4.52 Å². The van der Waals surface area contributed by atoms with Gasteiger partial charge in [-0.05, 0) is 6.92 Å². The summed E-state index contributed by atoms with van der Waals surface area (Å²) in [5.41, 5.74) is 0.785. The molecule has 0 saturated carbocycles. The molecule has 11 heavy (non-hydrogen) atoms. The Kier molecular flexibility index (Phi) is 2.14. The van der Waals surface area contributed by atoms with Crippen LogP contribution in [0.4, 0.5) is 5.88 Å². The molecule has 0 atom stereocenters. The van der Waals surface area contributed by atoms with Gasteiger partial charge >= 0.3 is 0 Å². The number of hydrogen-bond donors (Lipinski definition) is 1. The van der Waals surface area contributed by atoms with Crippen molar-refractivity contribution in [1.82, 2.24) is 5.16 Å². The van der Waals surface area contributed by atoms with Crippen LogP contribution in [0.5, 0.6) is 0 Å². The lowest BCUT2D eigenvalue weighted by atomic mass is 10.4. The second-order valence-electron chi connectivity index (χ2n) is 2.14. The molecule has 0 aromatic carbocycles. The lowest BCUT2D eigenvalue weighted by molar-refractivity contribution is 0.414. The molecular formula is C7H9N3O. The van der Waals surface area contributed by atoms with Crippen LogP contribution in [-0.2, 0) is 0 Å². The molecule has 1 aromatic heterocycles. The maximum absolute atomic E-state index is 5.48. The first-order valence-corrected chi connectivity index (χ1v) is 3.13. The summed E-state index contributed by atoms with van der Waals surface area (Å²) < 4.78 is 4.83. The second-order valence-corrected chi connectivity index (χ2v) is 2.14. The van der Waals surface area contributed by atoms with Crippen LogP contribution >= 0.6 is 0 Å². The van der Waals surface area contributed by atoms with E-state index in [2.05, 4.69) is 11.1 Å². The van der Waals surface area contributed by atoms with Crippen molar-refractivity contribution in [1.29, 1.82) is 0 Å². The molecule has 0 radical (unpaired) electrons. The van der Waals surface area contributed by atoms with Crippen molar-refractivity contribution in [3.63, 3.8) is 0 Å². The molecule has 4 heteroatoms. The zero-order valence-electron chi connectivity index (χ0n) is 6.24. The summed E-state index contributed by atoms with van der Waals surface area (Å²) in [5.74, 6) is 8.35. The highest BCUT2D eigenvalue weighted by atomic mass is 16.5. The fourth-order valence-electron chi connectivity index (χ4n) is 0.662. The van der Waals surface area contributed by atoms with Gasteiger partial charge in [0, 0.05) is 6.07 Å². The Morgan fingerprint density at radius 2 is 2.64 bits per heavy atom. The molecular weight excluding hydrogens is 142 g/mol. The molecule has 0 aliphatic rings. The fraction of sp³-hybridized carbons (Fsp3) is 0.286. The van der Waals surface area contributed by atoms with Gasteiger partial charge in [-0.25, -0.2) is 5.84 Å². The van der Waals surface area contributed by atoms with E-state index in [1.165, 1.54) is 5.01 Å². The van der Waals surface area contributed by atoms with Crippen molar-refractivity contribution >= 4 is 5.88 Å². The van der Waals surface area contributed by atoms with Crippen LogP contribution in [-0.4, -0.2) is 11.7 Å². The van der Waals surface area contributed by atoms with E-state index in [1.807, 2.05) is 6.92 Å². The van der Waals surface area contributed by atoms with Crippen LogP contribution in [0.25, 0.3) is 0 Å². The Morgan fingerprint density at radius 3 is 3.09 bits per heavy atom. The Morgan fingerprint density at radius 1 is 1.91 bits per heavy atom. The third kappa shape index (κ3) is 1.72. The molecule has 0 bridgehead atoms. The number of anilines is 1. The minimum absolute atomic E-state index is 0.314. The predicted octanol–water partition coefficient (Wildman–Crippen LogP) is 0.296. The van der Waals surface area contributed by atoms with Crippen LogP contribution in [0.15, 0.2) is 10.6 Å². The summed E-state index contributed by atoms with van der Waals surface area (Å²) in [5, 5.41) is 4.97. The minimum Gasteiger partial charge on any atom is -0.337 e. The number of nitrogens with zero attached hydrogens (tertiary/aromatic N) is 2. The van der Waals surface area contributed by atoms with Gasteiger partial charge in [0.05, 0.1) is 12.2 Å². The van der Waals surface area contributed by atoms with Crippen molar-refractivity contribution in [2.45, 2.75) is 6.92 Å². The van der Waals surface area contributed by atoms with Gasteiger partial charge in [-0.1, -0.05) is 11.1 Å². The molecule has 0 fully saturated rings. The van der Waals surface area contributed by atoms with E-state index in [0.717, 1.165) is 5.69 Å². The van der Waals surface area contributed by atoms with Crippen molar-refractivity contribution in [3.05, 3.63) is 11.8 Å². The quantitative estimate of drug-likeness (QED) is 0.375. The van der Waals surface area contributed by atoms with Crippen molar-refractivity contribution in [2.24, 2.45) is 5.84 Å². The average molecular weight is 151 g/mol. The molecule has 58 valence electrons. The van der Waals surface area contributed by atoms with Crippen molar-refractivity contribution in [2.75, 3.05) is 11.6 Å². The highest BCUT2D eigenvalue weighted by Gasteiger charge is 2.04. The van der Waals surface area contributed by atoms with Gasteiger partial charge in [-0.3, -0.25) is 5.01 Å². The lowest BCUT2D eigenvalue weighted by Crippen LogP contribution is -2.30. The average Bonchev–Trinajstić information content (AvgIpc) is 2.36. The Hall–Kier alpha value is -1.47. The molecule has 0 aliphatic heterocycles. The molecule has 1 heterocycles. The summed E-state index contributed by atoms with van der Waals surface area (Å²) >= 11 is 0. The number of hydrazine groups is 1. The minimum atomic E-state index is 0.314. The zero-order chi connectivity index (χ0) is 8.27. The highest BCUT2D eigenvalue weighted by Crippen LogP contribution is 2.10. The number of rotatable bonds is 2. The van der Waals surface area contributed by atoms with Crippen LogP contribution in [0.1, 0.15) is 5.69 Å². The molecule has 2 N–H and O–H groups in total. The molecule has 0 saturated heterocycles. The topological polar surface area (TPSA) is 55.3 Å². The number of nitrogens with two attached hydrogens (primary N) is 1. The van der Waals surface area contributed by atoms with E-state index in [9.17, 15) is 0 Å². The first-order chi connectivity index (χ1) is 5.24. The van der Waals surface area contributed by atoms with E-state index in [1.54, 1.807) is 6.07 Å². The first kappa shape index (κ1) is 7.63. The third-order valence-corrected chi connectivity index (χ3v) is 1.16. The number of terminal acetylenes is 1. The molecule has 0 amide bonds. The monoisotopic (exact) mass is 151 g/mol. The predicted molar refractivity (Wildman–Crippen MR) is 41.6 cm³/mol. The maximum Gasteiger partial charge on any atom is 0.242 e. The van der Waals surface area contributed by atoms with Crippen LogP contribution in [0.3, 0.4) is 0 Å². The van der Waals surface area contributed by atoms with Crippen LogP contribution in [0.2, 0.25) is 0 Å². The van der Waals surface area contributed by atoms with Crippen molar-refractivity contribution in [3.8, 4) is 12.3 Å². The van der Waals surface area contributed by atoms with Gasteiger partial charge in [0.25, 0.3) is 0 Å². The Balaban J connectivity index is 2.70. The molecule has 0 unspecified atom stereocenters. The summed E-state index contributed by atoms with van der Waals surface area (Å²) in [7, 11) is 0. The SMILES string of the molecule is C#CCN(N)c1cc(C)no1. The third-order valence-electron chi connectivity index (χ3n) is 1.16. The van der Waals surface area contributed by atoms with Gasteiger partial charge in [0.15, 0.2) is 0 Å². The first-order valence-electron chi connectivity index (χ1n) is 3.13. The smallest absolute Gasteiger partial charge is 0.242 e. The second kappa shape index (κ2) is 3.08. The molecule has 0 aliphatic carbocycles. The zero-order valence-corrected chi connectivity index (χ0v) is 6.24. The Labute approximate surface area is 64.9 Å². The van der Waals surface area contributed by atoms with E-state index in [-0.39, 0.29) is 0 Å². The van der Waals surface area contributed by atoms with Crippen molar-refractivity contribution < 1.29 is 4.52 Å². The van der Waals surface area contributed by atoms with Crippen LogP contribution in [0, 0.1) is 19.3 Å². The number of hydrogen-bond acceptors (Lipinski definition) is 4. The summed E-state index contributed by atoms with van der Waals surface area (Å²) in [4.78, 5) is 0. The van der Waals surface area contributed by atoms with Gasteiger partial charge in [0.1, 0.15) is 0 Å². The summed E-state index contributed by atoms with van der Waals surface area (Å²) in [6, 6.07) is 1.72. The van der Waals surface area contributed by atoms with Gasteiger partial charge in [-0.15, -0.1) is 6.42 Å². The largest absolute Gasteiger partial charge is 0.337 e.